The molecule has 4 nitrogen and oxygen atoms in total. The molecule has 3 rings (SSSR count). The number of hydrogen-bond donors (Lipinski definition) is 2. The summed E-state index contributed by atoms with van der Waals surface area (Å²) in [5, 5.41) is 12.5. The second kappa shape index (κ2) is 5.68. The van der Waals surface area contributed by atoms with E-state index in [4.69, 9.17) is 4.74 Å². The predicted molar refractivity (Wildman–Crippen MR) is 80.3 cm³/mol. The number of carbonyl (C=O) groups is 1. The van der Waals surface area contributed by atoms with Gasteiger partial charge in [-0.05, 0) is 68.7 Å². The van der Waals surface area contributed by atoms with E-state index >= 15 is 0 Å². The molecule has 1 amide bonds. The van der Waals surface area contributed by atoms with Gasteiger partial charge in [-0.15, -0.1) is 0 Å². The molecule has 1 aromatic carbocycles. The standard InChI is InChI=1S/C17H23NO3/c1-17(11-19,14-6-7-14)18-16(20)13-4-8-15(9-5-13)21-10-12-2-3-12/h4-5,8-9,12,14,19H,2-3,6-7,10-11H2,1H3,(H,18,20). The second-order valence-electron chi connectivity index (χ2n) is 6.58. The average molecular weight is 289 g/mol. The highest BCUT2D eigenvalue weighted by atomic mass is 16.5. The van der Waals surface area contributed by atoms with Gasteiger partial charge in [0.25, 0.3) is 5.91 Å². The van der Waals surface area contributed by atoms with E-state index in [2.05, 4.69) is 5.32 Å². The molecule has 4 heteroatoms. The van der Waals surface area contributed by atoms with Crippen LogP contribution in [0, 0.1) is 11.8 Å². The highest BCUT2D eigenvalue weighted by molar-refractivity contribution is 5.94. The summed E-state index contributed by atoms with van der Waals surface area (Å²) in [6.07, 6.45) is 4.68. The average Bonchev–Trinajstić information content (AvgIpc) is 3.38. The van der Waals surface area contributed by atoms with E-state index in [0.717, 1.165) is 31.1 Å². The third kappa shape index (κ3) is 3.56. The lowest BCUT2D eigenvalue weighted by atomic mass is 9.96. The molecule has 2 aliphatic rings. The highest BCUT2D eigenvalue weighted by Crippen LogP contribution is 2.39. The molecule has 2 N–H and O–H groups in total. The fraction of sp³-hybridized carbons (Fsp3) is 0.588. The van der Waals surface area contributed by atoms with Crippen LogP contribution in [0.1, 0.15) is 43.0 Å². The minimum Gasteiger partial charge on any atom is -0.493 e. The van der Waals surface area contributed by atoms with E-state index in [1.807, 2.05) is 19.1 Å². The van der Waals surface area contributed by atoms with E-state index < -0.39 is 5.54 Å². The largest absolute Gasteiger partial charge is 0.493 e. The van der Waals surface area contributed by atoms with Crippen molar-refractivity contribution >= 4 is 5.91 Å². The van der Waals surface area contributed by atoms with Gasteiger partial charge in [0, 0.05) is 5.56 Å². The molecule has 0 aliphatic heterocycles. The summed E-state index contributed by atoms with van der Waals surface area (Å²) in [6.45, 7) is 2.66. The number of aliphatic hydroxyl groups is 1. The van der Waals surface area contributed by atoms with Gasteiger partial charge in [-0.3, -0.25) is 4.79 Å². The first-order valence-electron chi connectivity index (χ1n) is 7.77. The van der Waals surface area contributed by atoms with Gasteiger partial charge in [0.05, 0.1) is 18.8 Å². The molecule has 0 bridgehead atoms. The van der Waals surface area contributed by atoms with Crippen LogP contribution in [0.2, 0.25) is 0 Å². The van der Waals surface area contributed by atoms with Crippen LogP contribution in [0.5, 0.6) is 5.75 Å². The smallest absolute Gasteiger partial charge is 0.251 e. The number of amides is 1. The van der Waals surface area contributed by atoms with Crippen molar-refractivity contribution in [3.8, 4) is 5.75 Å². The van der Waals surface area contributed by atoms with Crippen LogP contribution in [0.4, 0.5) is 0 Å². The molecule has 0 saturated heterocycles. The summed E-state index contributed by atoms with van der Waals surface area (Å²) in [4.78, 5) is 12.3. The first-order chi connectivity index (χ1) is 10.1. The Labute approximate surface area is 125 Å². The first kappa shape index (κ1) is 14.4. The van der Waals surface area contributed by atoms with E-state index in [0.29, 0.717) is 11.5 Å². The molecule has 114 valence electrons. The summed E-state index contributed by atoms with van der Waals surface area (Å²) in [7, 11) is 0. The second-order valence-corrected chi connectivity index (χ2v) is 6.58. The Bertz CT molecular complexity index is 505. The fourth-order valence-electron chi connectivity index (χ4n) is 2.52. The van der Waals surface area contributed by atoms with Gasteiger partial charge >= 0.3 is 0 Å². The Morgan fingerprint density at radius 3 is 2.48 bits per heavy atom. The minimum absolute atomic E-state index is 0.0218. The number of nitrogens with one attached hydrogen (secondary N) is 1. The summed E-state index contributed by atoms with van der Waals surface area (Å²) in [5.41, 5.74) is 0.104. The van der Waals surface area contributed by atoms with Gasteiger partial charge in [-0.2, -0.15) is 0 Å². The van der Waals surface area contributed by atoms with Crippen molar-refractivity contribution in [3.05, 3.63) is 29.8 Å². The van der Waals surface area contributed by atoms with Crippen LogP contribution in [0.3, 0.4) is 0 Å². The molecule has 0 aromatic heterocycles. The lowest BCUT2D eigenvalue weighted by Gasteiger charge is -2.28. The quantitative estimate of drug-likeness (QED) is 0.810. The minimum atomic E-state index is -0.502. The summed E-state index contributed by atoms with van der Waals surface area (Å²) in [6, 6.07) is 7.24. The van der Waals surface area contributed by atoms with Crippen LogP contribution < -0.4 is 10.1 Å². The Balaban J connectivity index is 1.58. The van der Waals surface area contributed by atoms with Crippen molar-refractivity contribution in [3.63, 3.8) is 0 Å². The molecular weight excluding hydrogens is 266 g/mol. The number of ether oxygens (including phenoxy) is 1. The molecule has 0 heterocycles. The Hall–Kier alpha value is -1.55. The molecule has 1 unspecified atom stereocenters. The molecule has 2 fully saturated rings. The Morgan fingerprint density at radius 1 is 1.29 bits per heavy atom. The third-order valence-electron chi connectivity index (χ3n) is 4.51. The van der Waals surface area contributed by atoms with Crippen LogP contribution in [0.25, 0.3) is 0 Å². The maximum Gasteiger partial charge on any atom is 0.251 e. The number of aliphatic hydroxyl groups excluding tert-OH is 1. The third-order valence-corrected chi connectivity index (χ3v) is 4.51. The SMILES string of the molecule is CC(CO)(NC(=O)c1ccc(OCC2CC2)cc1)C1CC1. The van der Waals surface area contributed by atoms with E-state index in [-0.39, 0.29) is 12.5 Å². The number of rotatable bonds is 7. The normalized spacial score (nSPS) is 20.7. The predicted octanol–water partition coefficient (Wildman–Crippen LogP) is 2.37. The van der Waals surface area contributed by atoms with Crippen LogP contribution in [-0.4, -0.2) is 29.8 Å². The molecular formula is C17H23NO3. The summed E-state index contributed by atoms with van der Waals surface area (Å²) in [5.74, 6) is 1.79. The zero-order valence-corrected chi connectivity index (χ0v) is 12.5. The highest BCUT2D eigenvalue weighted by Gasteiger charge is 2.42. The fourth-order valence-corrected chi connectivity index (χ4v) is 2.52. The Kier molecular flexibility index (Phi) is 3.89. The molecule has 2 saturated carbocycles. The van der Waals surface area contributed by atoms with Crippen molar-refractivity contribution in [2.24, 2.45) is 11.8 Å². The van der Waals surface area contributed by atoms with Crippen LogP contribution in [-0.2, 0) is 0 Å². The number of hydrogen-bond acceptors (Lipinski definition) is 3. The van der Waals surface area contributed by atoms with Gasteiger partial charge in [-0.25, -0.2) is 0 Å². The van der Waals surface area contributed by atoms with E-state index in [1.54, 1.807) is 12.1 Å². The number of benzene rings is 1. The topological polar surface area (TPSA) is 58.6 Å². The zero-order chi connectivity index (χ0) is 14.9. The van der Waals surface area contributed by atoms with Gasteiger partial charge in [0.15, 0.2) is 0 Å². The van der Waals surface area contributed by atoms with Crippen molar-refractivity contribution in [2.45, 2.75) is 38.1 Å². The van der Waals surface area contributed by atoms with Crippen molar-refractivity contribution in [1.29, 1.82) is 0 Å². The first-order valence-corrected chi connectivity index (χ1v) is 7.77. The monoisotopic (exact) mass is 289 g/mol. The summed E-state index contributed by atoms with van der Waals surface area (Å²) >= 11 is 0. The molecule has 1 atom stereocenters. The van der Waals surface area contributed by atoms with Crippen molar-refractivity contribution < 1.29 is 14.6 Å². The van der Waals surface area contributed by atoms with Gasteiger partial charge in [0.2, 0.25) is 0 Å². The van der Waals surface area contributed by atoms with E-state index in [9.17, 15) is 9.90 Å². The van der Waals surface area contributed by atoms with Crippen molar-refractivity contribution in [2.75, 3.05) is 13.2 Å². The zero-order valence-electron chi connectivity index (χ0n) is 12.5. The van der Waals surface area contributed by atoms with E-state index in [1.165, 1.54) is 12.8 Å². The molecule has 0 spiro atoms. The van der Waals surface area contributed by atoms with Crippen LogP contribution in [0.15, 0.2) is 24.3 Å². The number of carbonyl (C=O) groups excluding carboxylic acids is 1. The molecule has 2 aliphatic carbocycles. The lowest BCUT2D eigenvalue weighted by molar-refractivity contribution is 0.0824. The van der Waals surface area contributed by atoms with Crippen LogP contribution >= 0.6 is 0 Å². The van der Waals surface area contributed by atoms with Crippen molar-refractivity contribution in [1.82, 2.24) is 5.32 Å². The maximum absolute atomic E-state index is 12.3. The molecule has 1 aromatic rings. The lowest BCUT2D eigenvalue weighted by Crippen LogP contribution is -2.50. The maximum atomic E-state index is 12.3. The molecule has 0 radical (unpaired) electrons. The molecule has 21 heavy (non-hydrogen) atoms. The Morgan fingerprint density at radius 2 is 1.95 bits per heavy atom. The summed E-state index contributed by atoms with van der Waals surface area (Å²) < 4.78 is 5.66. The van der Waals surface area contributed by atoms with Gasteiger partial charge in [-0.1, -0.05) is 0 Å². The van der Waals surface area contributed by atoms with Gasteiger partial charge in [0.1, 0.15) is 5.75 Å². The van der Waals surface area contributed by atoms with Gasteiger partial charge < -0.3 is 15.2 Å².